The third-order valence-electron chi connectivity index (χ3n) is 12.8. The highest BCUT2D eigenvalue weighted by Gasteiger charge is 2.43. The first-order valence-electron chi connectivity index (χ1n) is 24.0. The van der Waals surface area contributed by atoms with Crippen LogP contribution in [0.4, 0.5) is 0 Å². The standard InChI is InChI=1S/3C19H18BrN3O2/c3*1-12(14-8-5-9-15(20)10-14)22-23-19(25)17-16(11-21-18(17)24)13-6-3-2-4-7-13/h3*2-10,16-17H,11H2,1H3,(H,21,24)(H,23,25)/b3*22-12+/t3*16-,17-/m000/s1. The van der Waals surface area contributed by atoms with E-state index in [1.807, 2.05) is 185 Å². The van der Waals surface area contributed by atoms with E-state index < -0.39 is 35.5 Å². The Hall–Kier alpha value is -7.41. The average molecular weight is 1200 g/mol. The average Bonchev–Trinajstić information content (AvgIpc) is 4.15. The Morgan fingerprint density at radius 3 is 0.893 bits per heavy atom. The summed E-state index contributed by atoms with van der Waals surface area (Å²) in [6, 6.07) is 51.7. The van der Waals surface area contributed by atoms with Crippen molar-refractivity contribution in [1.82, 2.24) is 32.2 Å². The van der Waals surface area contributed by atoms with E-state index >= 15 is 0 Å². The van der Waals surface area contributed by atoms with E-state index in [4.69, 9.17) is 0 Å². The summed E-state index contributed by atoms with van der Waals surface area (Å²) >= 11 is 10.2. The number of benzene rings is 6. The quantitative estimate of drug-likeness (QED) is 0.0402. The van der Waals surface area contributed by atoms with Crippen LogP contribution in [0.25, 0.3) is 0 Å². The van der Waals surface area contributed by atoms with Gasteiger partial charge < -0.3 is 16.0 Å². The van der Waals surface area contributed by atoms with Gasteiger partial charge in [0.25, 0.3) is 17.7 Å². The fourth-order valence-corrected chi connectivity index (χ4v) is 9.96. The predicted octanol–water partition coefficient (Wildman–Crippen LogP) is 8.46. The molecule has 6 atom stereocenters. The van der Waals surface area contributed by atoms with Gasteiger partial charge in [-0.15, -0.1) is 0 Å². The first-order valence-corrected chi connectivity index (χ1v) is 26.3. The lowest BCUT2D eigenvalue weighted by atomic mass is 9.88. The van der Waals surface area contributed by atoms with Gasteiger partial charge in [0.15, 0.2) is 0 Å². The van der Waals surface area contributed by atoms with Crippen molar-refractivity contribution in [1.29, 1.82) is 0 Å². The molecule has 3 aliphatic heterocycles. The molecule has 0 aliphatic carbocycles. The summed E-state index contributed by atoms with van der Waals surface area (Å²) in [5.41, 5.74) is 15.2. The number of hydrogen-bond donors (Lipinski definition) is 6. The Bertz CT molecular complexity index is 2790. The van der Waals surface area contributed by atoms with Gasteiger partial charge in [0.2, 0.25) is 17.7 Å². The molecule has 75 heavy (non-hydrogen) atoms. The second-order valence-corrected chi connectivity index (χ2v) is 20.5. The molecular formula is C57H54Br3N9O6. The molecule has 6 amide bonds. The number of halogens is 3. The summed E-state index contributed by atoms with van der Waals surface area (Å²) in [6.07, 6.45) is 0. The lowest BCUT2D eigenvalue weighted by molar-refractivity contribution is -0.135. The summed E-state index contributed by atoms with van der Waals surface area (Å²) in [7, 11) is 0. The molecule has 3 heterocycles. The molecule has 0 aromatic heterocycles. The minimum atomic E-state index is -0.776. The van der Waals surface area contributed by atoms with E-state index in [2.05, 4.69) is 95.3 Å². The summed E-state index contributed by atoms with van der Waals surface area (Å²) in [5, 5.41) is 20.8. The van der Waals surface area contributed by atoms with E-state index in [9.17, 15) is 28.8 Å². The third kappa shape index (κ3) is 14.9. The Morgan fingerprint density at radius 2 is 0.653 bits per heavy atom. The summed E-state index contributed by atoms with van der Waals surface area (Å²) < 4.78 is 2.81. The zero-order valence-electron chi connectivity index (χ0n) is 41.1. The van der Waals surface area contributed by atoms with Crippen molar-refractivity contribution in [3.05, 3.63) is 211 Å². The van der Waals surface area contributed by atoms with Gasteiger partial charge in [-0.05, 0) is 90.6 Å². The third-order valence-corrected chi connectivity index (χ3v) is 14.3. The van der Waals surface area contributed by atoms with Gasteiger partial charge in [0.1, 0.15) is 17.8 Å². The molecule has 3 aliphatic rings. The van der Waals surface area contributed by atoms with Crippen LogP contribution in [0.1, 0.15) is 71.9 Å². The number of carbonyl (C=O) groups is 6. The van der Waals surface area contributed by atoms with E-state index in [0.29, 0.717) is 36.8 Å². The number of carbonyl (C=O) groups excluding carboxylic acids is 6. The van der Waals surface area contributed by atoms with Gasteiger partial charge in [0, 0.05) is 50.8 Å². The molecule has 0 bridgehead atoms. The number of hydrazone groups is 3. The lowest BCUT2D eigenvalue weighted by Crippen LogP contribution is -2.35. The first-order chi connectivity index (χ1) is 36.2. The molecule has 0 saturated carbocycles. The smallest absolute Gasteiger partial charge is 0.253 e. The monoisotopic (exact) mass is 1200 g/mol. The van der Waals surface area contributed by atoms with Crippen LogP contribution in [-0.2, 0) is 28.8 Å². The van der Waals surface area contributed by atoms with E-state index in [1.165, 1.54) is 0 Å². The molecule has 3 fully saturated rings. The number of nitrogens with zero attached hydrogens (tertiary/aromatic N) is 3. The molecule has 18 heteroatoms. The predicted molar refractivity (Wildman–Crippen MR) is 301 cm³/mol. The number of amides is 6. The minimum Gasteiger partial charge on any atom is -0.355 e. The van der Waals surface area contributed by atoms with Crippen LogP contribution in [0.3, 0.4) is 0 Å². The van der Waals surface area contributed by atoms with Crippen molar-refractivity contribution in [3.8, 4) is 0 Å². The van der Waals surface area contributed by atoms with Gasteiger partial charge in [-0.2, -0.15) is 15.3 Å². The van der Waals surface area contributed by atoms with Crippen molar-refractivity contribution in [2.45, 2.75) is 38.5 Å². The van der Waals surface area contributed by atoms with Crippen LogP contribution >= 0.6 is 47.8 Å². The van der Waals surface area contributed by atoms with Crippen LogP contribution in [0.2, 0.25) is 0 Å². The highest BCUT2D eigenvalue weighted by molar-refractivity contribution is 9.11. The van der Waals surface area contributed by atoms with Crippen LogP contribution < -0.4 is 32.2 Å². The maximum atomic E-state index is 12.6. The maximum Gasteiger partial charge on any atom is 0.253 e. The first kappa shape index (κ1) is 55.3. The Morgan fingerprint density at radius 1 is 0.400 bits per heavy atom. The molecular weight excluding hydrogens is 1150 g/mol. The van der Waals surface area contributed by atoms with E-state index in [1.54, 1.807) is 0 Å². The second-order valence-electron chi connectivity index (χ2n) is 17.8. The fourth-order valence-electron chi connectivity index (χ4n) is 8.76. The van der Waals surface area contributed by atoms with Gasteiger partial charge in [-0.25, -0.2) is 16.3 Å². The van der Waals surface area contributed by atoms with Crippen LogP contribution in [0.5, 0.6) is 0 Å². The van der Waals surface area contributed by atoms with E-state index in [0.717, 1.165) is 46.8 Å². The van der Waals surface area contributed by atoms with Gasteiger partial charge >= 0.3 is 0 Å². The molecule has 0 unspecified atom stereocenters. The van der Waals surface area contributed by atoms with Crippen LogP contribution in [0, 0.1) is 17.8 Å². The molecule has 9 rings (SSSR count). The molecule has 6 aromatic rings. The van der Waals surface area contributed by atoms with Gasteiger partial charge in [0.05, 0.1) is 17.1 Å². The highest BCUT2D eigenvalue weighted by atomic mass is 79.9. The molecule has 384 valence electrons. The van der Waals surface area contributed by atoms with Crippen molar-refractivity contribution in [3.63, 3.8) is 0 Å². The van der Waals surface area contributed by atoms with Gasteiger partial charge in [-0.3, -0.25) is 28.8 Å². The molecule has 0 radical (unpaired) electrons. The second kappa shape index (κ2) is 26.7. The summed E-state index contributed by atoms with van der Waals surface area (Å²) in [4.78, 5) is 74.1. The molecule has 0 spiro atoms. The van der Waals surface area contributed by atoms with E-state index in [-0.39, 0.29) is 35.5 Å². The molecule has 15 nitrogen and oxygen atoms in total. The SMILES string of the molecule is C/C(=N\NC(=O)[C@@H]1C(=O)NC[C@H]1c1ccccc1)c1cccc(Br)c1.C/C(=N\NC(=O)[C@@H]1C(=O)NC[C@H]1c1ccccc1)c1cccc(Br)c1.C/C(=N\NC(=O)[C@@H]1C(=O)NC[C@H]1c1ccccc1)c1cccc(Br)c1. The lowest BCUT2D eigenvalue weighted by Gasteiger charge is -2.15. The van der Waals surface area contributed by atoms with Crippen LogP contribution in [0.15, 0.2) is 193 Å². The zero-order valence-corrected chi connectivity index (χ0v) is 45.9. The number of rotatable bonds is 12. The molecule has 3 saturated heterocycles. The molecule has 6 N–H and O–H groups in total. The summed E-state index contributed by atoms with van der Waals surface area (Å²) in [5.74, 6) is -4.84. The van der Waals surface area contributed by atoms with Crippen molar-refractivity contribution in [2.75, 3.05) is 19.6 Å². The van der Waals surface area contributed by atoms with Crippen molar-refractivity contribution in [2.24, 2.45) is 33.1 Å². The number of hydrogen-bond acceptors (Lipinski definition) is 9. The Kier molecular flexibility index (Phi) is 19.7. The normalized spacial score (nSPS) is 20.2. The number of nitrogens with one attached hydrogen (secondary N) is 6. The minimum absolute atomic E-state index is 0.185. The largest absolute Gasteiger partial charge is 0.355 e. The molecule has 6 aromatic carbocycles. The van der Waals surface area contributed by atoms with Crippen LogP contribution in [-0.4, -0.2) is 72.2 Å². The van der Waals surface area contributed by atoms with Crippen molar-refractivity contribution < 1.29 is 28.8 Å². The Labute approximate surface area is 460 Å². The topological polar surface area (TPSA) is 212 Å². The maximum absolute atomic E-state index is 12.6. The van der Waals surface area contributed by atoms with Crippen molar-refractivity contribution >= 4 is 100 Å². The Balaban J connectivity index is 0.000000164. The highest BCUT2D eigenvalue weighted by Crippen LogP contribution is 2.31. The fraction of sp³-hybridized carbons (Fsp3) is 0.211. The summed E-state index contributed by atoms with van der Waals surface area (Å²) in [6.45, 7) is 6.79. The zero-order chi connectivity index (χ0) is 53.4. The van der Waals surface area contributed by atoms with Gasteiger partial charge in [-0.1, -0.05) is 175 Å².